The van der Waals surface area contributed by atoms with Crippen molar-refractivity contribution in [3.63, 3.8) is 0 Å². The van der Waals surface area contributed by atoms with E-state index in [1.807, 2.05) is 0 Å². The van der Waals surface area contributed by atoms with Crippen molar-refractivity contribution in [2.75, 3.05) is 19.0 Å². The molecule has 0 bridgehead atoms. The van der Waals surface area contributed by atoms with Crippen molar-refractivity contribution in [1.82, 2.24) is 19.5 Å². The van der Waals surface area contributed by atoms with Crippen molar-refractivity contribution in [3.05, 3.63) is 16.7 Å². The molecule has 3 rings (SSSR count). The second kappa shape index (κ2) is 4.76. The minimum absolute atomic E-state index is 0.0321. The fourth-order valence-electron chi connectivity index (χ4n) is 2.43. The van der Waals surface area contributed by atoms with E-state index >= 15 is 0 Å². The summed E-state index contributed by atoms with van der Waals surface area (Å²) in [6, 6.07) is 0. The summed E-state index contributed by atoms with van der Waals surface area (Å²) in [5.41, 5.74) is 3.53. The number of imidazole rings is 1. The predicted molar refractivity (Wildman–Crippen MR) is 69.1 cm³/mol. The average Bonchev–Trinajstić information content (AvgIpc) is 3.00. The second-order valence-corrected chi connectivity index (χ2v) is 4.96. The van der Waals surface area contributed by atoms with Gasteiger partial charge in [-0.05, 0) is 0 Å². The van der Waals surface area contributed by atoms with Gasteiger partial charge in [-0.15, -0.1) is 0 Å². The Morgan fingerprint density at radius 1 is 1.67 bits per heavy atom. The number of aliphatic hydroxyl groups excluding tert-OH is 2. The average molecular weight is 299 g/mol. The largest absolute Gasteiger partial charge is 0.393 e. The normalized spacial score (nSPS) is 29.3. The van der Waals surface area contributed by atoms with Crippen molar-refractivity contribution in [2.24, 2.45) is 0 Å². The van der Waals surface area contributed by atoms with E-state index < -0.39 is 36.8 Å². The number of H-pyrrole nitrogens is 1. The Morgan fingerprint density at radius 3 is 3.05 bits per heavy atom. The summed E-state index contributed by atoms with van der Waals surface area (Å²) < 4.78 is 19.9. The van der Waals surface area contributed by atoms with Crippen LogP contribution in [0.4, 0.5) is 10.3 Å². The number of nitrogens with two attached hydrogens (primary N) is 1. The lowest BCUT2D eigenvalue weighted by Crippen LogP contribution is -2.45. The number of nitrogens with one attached hydrogen (secondary N) is 1. The van der Waals surface area contributed by atoms with Crippen LogP contribution in [0.5, 0.6) is 0 Å². The molecule has 1 saturated heterocycles. The molecule has 1 aliphatic heterocycles. The quantitative estimate of drug-likeness (QED) is 0.551. The number of fused-ring (bicyclic) bond motifs is 1. The predicted octanol–water partition coefficient (Wildman–Crippen LogP) is -1.32. The molecule has 0 spiro atoms. The molecule has 3 heterocycles. The molecule has 0 aliphatic carbocycles. The zero-order valence-corrected chi connectivity index (χ0v) is 10.9. The Balaban J connectivity index is 2.05. The summed E-state index contributed by atoms with van der Waals surface area (Å²) in [6.07, 6.45) is -0.657. The molecule has 114 valence electrons. The third-order valence-corrected chi connectivity index (χ3v) is 3.66. The molecule has 10 heteroatoms. The van der Waals surface area contributed by atoms with E-state index in [2.05, 4.69) is 15.0 Å². The molecule has 0 radical (unpaired) electrons. The first-order valence-electron chi connectivity index (χ1n) is 6.26. The number of nitrogens with zero attached hydrogens (tertiary/aromatic N) is 3. The molecular weight excluding hydrogens is 285 g/mol. The molecule has 2 aromatic heterocycles. The number of anilines is 1. The zero-order valence-electron chi connectivity index (χ0n) is 10.9. The topological polar surface area (TPSA) is 139 Å². The van der Waals surface area contributed by atoms with Gasteiger partial charge in [-0.3, -0.25) is 14.3 Å². The summed E-state index contributed by atoms with van der Waals surface area (Å²) in [5.74, 6) is -0.0910. The highest BCUT2D eigenvalue weighted by atomic mass is 19.1. The van der Waals surface area contributed by atoms with Gasteiger partial charge in [-0.1, -0.05) is 0 Å². The second-order valence-electron chi connectivity index (χ2n) is 4.96. The number of hydrogen-bond acceptors (Lipinski definition) is 7. The van der Waals surface area contributed by atoms with Crippen LogP contribution in [0, 0.1) is 0 Å². The van der Waals surface area contributed by atoms with Gasteiger partial charge in [0.25, 0.3) is 5.56 Å². The van der Waals surface area contributed by atoms with Gasteiger partial charge in [0.15, 0.2) is 11.2 Å². The van der Waals surface area contributed by atoms with E-state index in [-0.39, 0.29) is 23.5 Å². The fourth-order valence-corrected chi connectivity index (χ4v) is 2.43. The molecule has 0 unspecified atom stereocenters. The molecule has 0 saturated carbocycles. The number of aliphatic hydroxyl groups is 2. The number of rotatable bonds is 3. The summed E-state index contributed by atoms with van der Waals surface area (Å²) >= 11 is 0. The van der Waals surface area contributed by atoms with Crippen LogP contribution >= 0.6 is 0 Å². The zero-order chi connectivity index (χ0) is 15.2. The molecular formula is C11H14FN5O4. The van der Waals surface area contributed by atoms with Gasteiger partial charge < -0.3 is 20.7 Å². The van der Waals surface area contributed by atoms with E-state index in [0.717, 1.165) is 0 Å². The molecule has 5 N–H and O–H groups in total. The number of halogens is 1. The van der Waals surface area contributed by atoms with Crippen molar-refractivity contribution in [1.29, 1.82) is 0 Å². The molecule has 1 aliphatic rings. The van der Waals surface area contributed by atoms with Crippen molar-refractivity contribution in [2.45, 2.75) is 24.4 Å². The van der Waals surface area contributed by atoms with Gasteiger partial charge in [0.2, 0.25) is 5.95 Å². The Labute approximate surface area is 117 Å². The molecule has 0 amide bonds. The first-order chi connectivity index (χ1) is 10.0. The lowest BCUT2D eigenvalue weighted by Gasteiger charge is -2.26. The summed E-state index contributed by atoms with van der Waals surface area (Å²) in [7, 11) is 0. The monoisotopic (exact) mass is 299 g/mol. The van der Waals surface area contributed by atoms with Gasteiger partial charge >= 0.3 is 0 Å². The first-order valence-corrected chi connectivity index (χ1v) is 6.26. The number of alkyl halides is 1. The van der Waals surface area contributed by atoms with E-state index in [9.17, 15) is 19.4 Å². The van der Waals surface area contributed by atoms with Gasteiger partial charge in [0.1, 0.15) is 18.5 Å². The molecule has 9 nitrogen and oxygen atoms in total. The van der Waals surface area contributed by atoms with E-state index in [0.29, 0.717) is 0 Å². The van der Waals surface area contributed by atoms with Gasteiger partial charge in [-0.2, -0.15) is 4.98 Å². The minimum atomic E-state index is -1.67. The highest BCUT2D eigenvalue weighted by Gasteiger charge is 2.49. The first kappa shape index (κ1) is 13.9. The highest BCUT2D eigenvalue weighted by Crippen LogP contribution is 2.37. The van der Waals surface area contributed by atoms with E-state index in [4.69, 9.17) is 10.5 Å². The van der Waals surface area contributed by atoms with Crippen molar-refractivity contribution in [3.8, 4) is 0 Å². The van der Waals surface area contributed by atoms with Crippen LogP contribution in [0.1, 0.15) is 12.6 Å². The van der Waals surface area contributed by atoms with Crippen LogP contribution in [0.2, 0.25) is 0 Å². The molecule has 1 fully saturated rings. The number of hydrogen-bond donors (Lipinski definition) is 4. The standard InChI is InChI=1S/C11H14FN5O4/c12-2-11(3-18)5(19)1-6(21-11)17-4-14-7-8(17)15-10(13)16-9(7)20/h4-6,18-19H,1-3H2,(H3,13,15,16,20)/t5-,6+,11+/m0/s1. The summed E-state index contributed by atoms with van der Waals surface area (Å²) in [5, 5.41) is 19.2. The molecule has 0 aromatic carbocycles. The number of nitrogen functional groups attached to an aromatic ring is 1. The minimum Gasteiger partial charge on any atom is -0.393 e. The van der Waals surface area contributed by atoms with Crippen molar-refractivity contribution < 1.29 is 19.3 Å². The molecule has 3 atom stereocenters. The third kappa shape index (κ3) is 1.99. The van der Waals surface area contributed by atoms with Crippen molar-refractivity contribution >= 4 is 17.1 Å². The fraction of sp³-hybridized carbons (Fsp3) is 0.545. The maximum Gasteiger partial charge on any atom is 0.280 e. The van der Waals surface area contributed by atoms with Gasteiger partial charge in [0.05, 0.1) is 19.0 Å². The van der Waals surface area contributed by atoms with Crippen LogP contribution in [-0.2, 0) is 4.74 Å². The van der Waals surface area contributed by atoms with Crippen LogP contribution in [0.25, 0.3) is 11.2 Å². The van der Waals surface area contributed by atoms with E-state index in [1.165, 1.54) is 10.9 Å². The molecule has 21 heavy (non-hydrogen) atoms. The maximum atomic E-state index is 13.1. The van der Waals surface area contributed by atoms with Gasteiger partial charge in [0, 0.05) is 6.42 Å². The van der Waals surface area contributed by atoms with Crippen LogP contribution < -0.4 is 11.3 Å². The number of aromatic amines is 1. The Hall–Kier alpha value is -2.04. The van der Waals surface area contributed by atoms with E-state index in [1.54, 1.807) is 0 Å². The lowest BCUT2D eigenvalue weighted by atomic mass is 10.00. The lowest BCUT2D eigenvalue weighted by molar-refractivity contribution is -0.136. The highest BCUT2D eigenvalue weighted by molar-refractivity contribution is 5.70. The third-order valence-electron chi connectivity index (χ3n) is 3.66. The number of ether oxygens (including phenoxy) is 1. The van der Waals surface area contributed by atoms with Crippen LogP contribution in [-0.4, -0.2) is 54.7 Å². The van der Waals surface area contributed by atoms with Crippen LogP contribution in [0.15, 0.2) is 11.1 Å². The summed E-state index contributed by atoms with van der Waals surface area (Å²) in [4.78, 5) is 21.9. The smallest absolute Gasteiger partial charge is 0.280 e. The molecule has 2 aromatic rings. The number of aromatic nitrogens is 4. The Bertz CT molecular complexity index is 725. The summed E-state index contributed by atoms with van der Waals surface area (Å²) in [6.45, 7) is -1.70. The maximum absolute atomic E-state index is 13.1. The Kier molecular flexibility index (Phi) is 3.15. The SMILES string of the molecule is Nc1nc2c(ncn2[C@H]2C[C@H](O)[C@](CO)(CF)O2)c(=O)[nH]1. The van der Waals surface area contributed by atoms with Crippen LogP contribution in [0.3, 0.4) is 0 Å². The Morgan fingerprint density at radius 2 is 2.43 bits per heavy atom. The van der Waals surface area contributed by atoms with Gasteiger partial charge in [-0.25, -0.2) is 9.37 Å².